The van der Waals surface area contributed by atoms with E-state index in [1.54, 1.807) is 31.2 Å². The summed E-state index contributed by atoms with van der Waals surface area (Å²) < 4.78 is 36.7. The van der Waals surface area contributed by atoms with Crippen LogP contribution in [0.2, 0.25) is 0 Å². The van der Waals surface area contributed by atoms with Gasteiger partial charge < -0.3 is 14.8 Å². The highest BCUT2D eigenvalue weighted by Gasteiger charge is 2.29. The Hall–Kier alpha value is -2.62. The number of hydrogen-bond donors (Lipinski definition) is 1. The number of ether oxygens (including phenoxy) is 2. The Kier molecular flexibility index (Phi) is 8.11. The first-order valence-corrected chi connectivity index (χ1v) is 12.4. The highest BCUT2D eigenvalue weighted by Crippen LogP contribution is 2.25. The van der Waals surface area contributed by atoms with Crippen molar-refractivity contribution >= 4 is 21.6 Å². The van der Waals surface area contributed by atoms with Gasteiger partial charge in [-0.05, 0) is 30.2 Å². The van der Waals surface area contributed by atoms with Gasteiger partial charge in [0.1, 0.15) is 11.8 Å². The molecule has 0 radical (unpaired) electrons. The van der Waals surface area contributed by atoms with E-state index in [4.69, 9.17) is 9.47 Å². The van der Waals surface area contributed by atoms with Crippen molar-refractivity contribution in [3.05, 3.63) is 59.7 Å². The Balaban J connectivity index is 1.66. The molecule has 2 aromatic rings. The van der Waals surface area contributed by atoms with Gasteiger partial charge in [0.05, 0.1) is 32.3 Å². The van der Waals surface area contributed by atoms with Crippen molar-refractivity contribution in [1.29, 1.82) is 0 Å². The number of anilines is 1. The van der Waals surface area contributed by atoms with Crippen molar-refractivity contribution in [2.75, 3.05) is 44.0 Å². The maximum atomic E-state index is 12.9. The quantitative estimate of drug-likeness (QED) is 0.615. The maximum Gasteiger partial charge on any atom is 0.243 e. The van der Waals surface area contributed by atoms with Crippen LogP contribution in [-0.2, 0) is 32.6 Å². The Labute approximate surface area is 190 Å². The fourth-order valence-corrected chi connectivity index (χ4v) is 4.92. The summed E-state index contributed by atoms with van der Waals surface area (Å²) in [6.07, 6.45) is 1.09. The molecule has 32 heavy (non-hydrogen) atoms. The van der Waals surface area contributed by atoms with Gasteiger partial charge in [-0.1, -0.05) is 30.3 Å². The number of rotatable bonds is 9. The van der Waals surface area contributed by atoms with Crippen LogP contribution >= 0.6 is 0 Å². The van der Waals surface area contributed by atoms with Gasteiger partial charge in [-0.15, -0.1) is 0 Å². The lowest BCUT2D eigenvalue weighted by Crippen LogP contribution is -2.47. The number of carbonyl (C=O) groups is 1. The number of hydrogen-bond acceptors (Lipinski definition) is 6. The molecule has 1 N–H and O–H groups in total. The van der Waals surface area contributed by atoms with Gasteiger partial charge in [-0.3, -0.25) is 14.0 Å². The van der Waals surface area contributed by atoms with Crippen molar-refractivity contribution in [2.24, 2.45) is 0 Å². The van der Waals surface area contributed by atoms with Crippen molar-refractivity contribution < 1.29 is 22.7 Å². The number of methoxy groups -OCH3 is 1. The second-order valence-electron chi connectivity index (χ2n) is 7.86. The van der Waals surface area contributed by atoms with E-state index in [0.29, 0.717) is 18.0 Å². The molecule has 1 amide bonds. The third-order valence-electron chi connectivity index (χ3n) is 5.36. The van der Waals surface area contributed by atoms with Crippen molar-refractivity contribution in [2.45, 2.75) is 26.1 Å². The van der Waals surface area contributed by atoms with E-state index in [9.17, 15) is 13.2 Å². The summed E-state index contributed by atoms with van der Waals surface area (Å²) in [5.41, 5.74) is 2.51. The van der Waals surface area contributed by atoms with Gasteiger partial charge in [-0.2, -0.15) is 0 Å². The van der Waals surface area contributed by atoms with Gasteiger partial charge in [0.15, 0.2) is 0 Å². The standard InChI is InChI=1S/C23H31N3O5S/c1-18(26(32(3,28)29)21-8-5-9-22(15-21)30-2)23(27)24-16-19-6-4-7-20(14-19)17-25-10-12-31-13-11-25/h4-9,14-15,18H,10-13,16-17H2,1-3H3,(H,24,27)/t18-/m0/s1. The zero-order valence-electron chi connectivity index (χ0n) is 18.8. The van der Waals surface area contributed by atoms with Crippen LogP contribution in [0.1, 0.15) is 18.1 Å². The fraction of sp³-hybridized carbons (Fsp3) is 0.435. The highest BCUT2D eigenvalue weighted by molar-refractivity contribution is 7.92. The highest BCUT2D eigenvalue weighted by atomic mass is 32.2. The zero-order chi connectivity index (χ0) is 23.1. The average Bonchev–Trinajstić information content (AvgIpc) is 2.77. The molecule has 9 heteroatoms. The average molecular weight is 462 g/mol. The Morgan fingerprint density at radius 2 is 1.84 bits per heavy atom. The predicted octanol–water partition coefficient (Wildman–Crippen LogP) is 2.00. The minimum Gasteiger partial charge on any atom is -0.497 e. The summed E-state index contributed by atoms with van der Waals surface area (Å²) in [5.74, 6) is 0.137. The van der Waals surface area contributed by atoms with Gasteiger partial charge >= 0.3 is 0 Å². The predicted molar refractivity (Wildman–Crippen MR) is 124 cm³/mol. The van der Waals surface area contributed by atoms with Gasteiger partial charge in [0.25, 0.3) is 0 Å². The van der Waals surface area contributed by atoms with Crippen molar-refractivity contribution in [1.82, 2.24) is 10.2 Å². The molecule has 2 aromatic carbocycles. The maximum absolute atomic E-state index is 12.9. The van der Waals surface area contributed by atoms with E-state index < -0.39 is 16.1 Å². The first-order valence-electron chi connectivity index (χ1n) is 10.6. The number of benzene rings is 2. The molecule has 174 valence electrons. The Morgan fingerprint density at radius 1 is 1.16 bits per heavy atom. The van der Waals surface area contributed by atoms with Crippen LogP contribution in [0.15, 0.2) is 48.5 Å². The molecule has 0 bridgehead atoms. The molecule has 0 unspecified atom stereocenters. The van der Waals surface area contributed by atoms with E-state index in [-0.39, 0.29) is 5.91 Å². The van der Waals surface area contributed by atoms with E-state index in [1.807, 2.05) is 12.1 Å². The number of morpholine rings is 1. The first kappa shape index (κ1) is 24.0. The molecule has 0 spiro atoms. The molecule has 0 aromatic heterocycles. The summed E-state index contributed by atoms with van der Waals surface area (Å²) in [6, 6.07) is 13.8. The zero-order valence-corrected chi connectivity index (χ0v) is 19.6. The van der Waals surface area contributed by atoms with Crippen LogP contribution in [0.3, 0.4) is 0 Å². The summed E-state index contributed by atoms with van der Waals surface area (Å²) in [4.78, 5) is 15.2. The largest absolute Gasteiger partial charge is 0.497 e. The summed E-state index contributed by atoms with van der Waals surface area (Å²) in [7, 11) is -2.18. The molecule has 8 nitrogen and oxygen atoms in total. The Bertz CT molecular complexity index is 1020. The number of nitrogens with one attached hydrogen (secondary N) is 1. The molecule has 0 aliphatic carbocycles. The van der Waals surface area contributed by atoms with Crippen LogP contribution in [0.25, 0.3) is 0 Å². The van der Waals surface area contributed by atoms with E-state index >= 15 is 0 Å². The van der Waals surface area contributed by atoms with E-state index in [0.717, 1.165) is 49.0 Å². The van der Waals surface area contributed by atoms with Gasteiger partial charge in [0, 0.05) is 32.2 Å². The third kappa shape index (κ3) is 6.44. The first-order chi connectivity index (χ1) is 15.3. The minimum absolute atomic E-state index is 0.315. The molecular weight excluding hydrogens is 430 g/mol. The minimum atomic E-state index is -3.69. The van der Waals surface area contributed by atoms with Crippen molar-refractivity contribution in [3.63, 3.8) is 0 Å². The van der Waals surface area contributed by atoms with Crippen LogP contribution in [0.4, 0.5) is 5.69 Å². The molecule has 1 saturated heterocycles. The molecule has 0 saturated carbocycles. The fourth-order valence-electron chi connectivity index (χ4n) is 3.75. The van der Waals surface area contributed by atoms with Gasteiger partial charge in [-0.25, -0.2) is 8.42 Å². The number of carbonyl (C=O) groups excluding carboxylic acids is 1. The summed E-state index contributed by atoms with van der Waals surface area (Å²) in [6.45, 7) is 6.03. The van der Waals surface area contributed by atoms with Crippen LogP contribution in [0.5, 0.6) is 5.75 Å². The van der Waals surface area contributed by atoms with Crippen LogP contribution in [0, 0.1) is 0 Å². The van der Waals surface area contributed by atoms with E-state index in [1.165, 1.54) is 12.7 Å². The smallest absolute Gasteiger partial charge is 0.243 e. The second-order valence-corrected chi connectivity index (χ2v) is 9.72. The second kappa shape index (κ2) is 10.8. The SMILES string of the molecule is COc1cccc(N([C@@H](C)C(=O)NCc2cccc(CN3CCOCC3)c2)S(C)(=O)=O)c1. The molecule has 1 heterocycles. The van der Waals surface area contributed by atoms with Gasteiger partial charge in [0.2, 0.25) is 15.9 Å². The number of sulfonamides is 1. The molecular formula is C23H31N3O5S. The van der Waals surface area contributed by atoms with E-state index in [2.05, 4.69) is 22.3 Å². The lowest BCUT2D eigenvalue weighted by molar-refractivity contribution is -0.122. The normalized spacial score (nSPS) is 15.7. The third-order valence-corrected chi connectivity index (χ3v) is 6.61. The molecule has 1 fully saturated rings. The molecule has 3 rings (SSSR count). The molecule has 1 aliphatic heterocycles. The molecule has 1 aliphatic rings. The van der Waals surface area contributed by atoms with Crippen molar-refractivity contribution in [3.8, 4) is 5.75 Å². The summed E-state index contributed by atoms with van der Waals surface area (Å²) in [5, 5.41) is 2.87. The lowest BCUT2D eigenvalue weighted by atomic mass is 10.1. The summed E-state index contributed by atoms with van der Waals surface area (Å²) >= 11 is 0. The molecule has 1 atom stereocenters. The van der Waals surface area contributed by atoms with Crippen LogP contribution < -0.4 is 14.4 Å². The number of nitrogens with zero attached hydrogens (tertiary/aromatic N) is 2. The van der Waals surface area contributed by atoms with Crippen LogP contribution in [-0.4, -0.2) is 64.9 Å². The lowest BCUT2D eigenvalue weighted by Gasteiger charge is -2.28. The number of amides is 1. The topological polar surface area (TPSA) is 88.2 Å². The monoisotopic (exact) mass is 461 g/mol. The Morgan fingerprint density at radius 3 is 2.53 bits per heavy atom.